The minimum absolute atomic E-state index is 0.000496. The van der Waals surface area contributed by atoms with Gasteiger partial charge in [-0.2, -0.15) is 0 Å². The summed E-state index contributed by atoms with van der Waals surface area (Å²) in [6.45, 7) is 1.63. The molecule has 12 heteroatoms. The Hall–Kier alpha value is -3.93. The normalized spacial score (nSPS) is 10.5. The van der Waals surface area contributed by atoms with Crippen molar-refractivity contribution in [3.05, 3.63) is 64.0 Å². The van der Waals surface area contributed by atoms with Crippen molar-refractivity contribution in [1.29, 1.82) is 0 Å². The van der Waals surface area contributed by atoms with Crippen LogP contribution in [0.5, 0.6) is 5.75 Å². The number of anilines is 2. The van der Waals surface area contributed by atoms with E-state index < -0.39 is 4.92 Å². The van der Waals surface area contributed by atoms with Gasteiger partial charge in [-0.3, -0.25) is 19.7 Å². The van der Waals surface area contributed by atoms with E-state index in [4.69, 9.17) is 4.74 Å². The lowest BCUT2D eigenvalue weighted by Crippen LogP contribution is -2.17. The van der Waals surface area contributed by atoms with Gasteiger partial charge in [-0.05, 0) is 25.1 Å². The number of amides is 2. The summed E-state index contributed by atoms with van der Waals surface area (Å²) < 4.78 is 6.78. The summed E-state index contributed by atoms with van der Waals surface area (Å²) in [4.78, 5) is 35.2. The van der Waals surface area contributed by atoms with E-state index in [0.717, 1.165) is 11.8 Å². The monoisotopic (exact) mass is 470 g/mol. The van der Waals surface area contributed by atoms with Gasteiger partial charge in [0.1, 0.15) is 11.6 Å². The lowest BCUT2D eigenvalue weighted by molar-refractivity contribution is -0.385. The number of rotatable bonds is 9. The average Bonchev–Trinajstić information content (AvgIpc) is 3.12. The van der Waals surface area contributed by atoms with E-state index in [9.17, 15) is 19.7 Å². The zero-order valence-corrected chi connectivity index (χ0v) is 19.0. The molecule has 0 spiro atoms. The second-order valence-electron chi connectivity index (χ2n) is 7.01. The third-order valence-electron chi connectivity index (χ3n) is 4.62. The van der Waals surface area contributed by atoms with Crippen LogP contribution in [0, 0.1) is 17.0 Å². The first-order valence-corrected chi connectivity index (χ1v) is 10.7. The highest BCUT2D eigenvalue weighted by Crippen LogP contribution is 2.23. The minimum Gasteiger partial charge on any atom is -0.497 e. The maximum atomic E-state index is 12.4. The maximum absolute atomic E-state index is 12.4. The molecule has 3 rings (SSSR count). The summed E-state index contributed by atoms with van der Waals surface area (Å²) in [7, 11) is 3.25. The fourth-order valence-electron chi connectivity index (χ4n) is 2.89. The molecule has 0 bridgehead atoms. The minimum atomic E-state index is -0.495. The molecule has 1 heterocycles. The Morgan fingerprint density at radius 1 is 1.12 bits per heavy atom. The highest BCUT2D eigenvalue weighted by Gasteiger charge is 2.16. The molecule has 172 valence electrons. The Labute approximate surface area is 193 Å². The predicted octanol–water partition coefficient (Wildman–Crippen LogP) is 2.95. The Kier molecular flexibility index (Phi) is 7.61. The zero-order chi connectivity index (χ0) is 24.0. The molecule has 0 aliphatic carbocycles. The smallest absolute Gasteiger partial charge is 0.274 e. The second-order valence-corrected chi connectivity index (χ2v) is 7.95. The number of nitrogens with one attached hydrogen (secondary N) is 2. The average molecular weight is 471 g/mol. The van der Waals surface area contributed by atoms with Gasteiger partial charge in [-0.25, -0.2) is 0 Å². The van der Waals surface area contributed by atoms with Gasteiger partial charge in [0.2, 0.25) is 11.8 Å². The fourth-order valence-corrected chi connectivity index (χ4v) is 3.62. The lowest BCUT2D eigenvalue weighted by Gasteiger charge is -2.08. The lowest BCUT2D eigenvalue weighted by atomic mass is 10.2. The van der Waals surface area contributed by atoms with Gasteiger partial charge in [0, 0.05) is 36.1 Å². The van der Waals surface area contributed by atoms with Crippen LogP contribution in [0.4, 0.5) is 17.1 Å². The first-order chi connectivity index (χ1) is 15.8. The number of hydrogen-bond acceptors (Lipinski definition) is 8. The largest absolute Gasteiger partial charge is 0.497 e. The first-order valence-electron chi connectivity index (χ1n) is 9.76. The summed E-state index contributed by atoms with van der Waals surface area (Å²) >= 11 is 1.14. The van der Waals surface area contributed by atoms with Crippen LogP contribution >= 0.6 is 11.8 Å². The topological polar surface area (TPSA) is 141 Å². The molecule has 11 nitrogen and oxygen atoms in total. The molecule has 0 fully saturated rings. The molecule has 0 saturated heterocycles. The number of carbonyl (C=O) groups excluding carboxylic acids is 2. The Morgan fingerprint density at radius 3 is 2.58 bits per heavy atom. The number of nitro benzene ring substituents is 1. The molecule has 0 saturated carbocycles. The number of hydrogen-bond donors (Lipinski definition) is 2. The molecular formula is C21H22N6O5S. The van der Waals surface area contributed by atoms with Crippen LogP contribution < -0.4 is 15.4 Å². The SMILES string of the molecule is COc1cccc(NC(=O)Cc2nnc(SCC(=O)Nc3ccc(C)c([N+](=O)[O-])c3)n2C)c1. The molecule has 3 aromatic rings. The molecule has 0 unspecified atom stereocenters. The van der Waals surface area contributed by atoms with Crippen molar-refractivity contribution in [3.8, 4) is 5.75 Å². The third kappa shape index (κ3) is 6.29. The van der Waals surface area contributed by atoms with E-state index in [1.165, 1.54) is 6.07 Å². The fraction of sp³-hybridized carbons (Fsp3) is 0.238. The van der Waals surface area contributed by atoms with E-state index in [2.05, 4.69) is 20.8 Å². The molecule has 2 amide bonds. The van der Waals surface area contributed by atoms with Crippen molar-refractivity contribution >= 4 is 40.6 Å². The second kappa shape index (κ2) is 10.6. The Balaban J connectivity index is 1.55. The first kappa shape index (κ1) is 23.7. The third-order valence-corrected chi connectivity index (χ3v) is 5.64. The molecule has 33 heavy (non-hydrogen) atoms. The van der Waals surface area contributed by atoms with E-state index in [0.29, 0.717) is 33.7 Å². The van der Waals surface area contributed by atoms with Gasteiger partial charge in [-0.15, -0.1) is 10.2 Å². The van der Waals surface area contributed by atoms with Crippen LogP contribution in [-0.2, 0) is 23.1 Å². The quantitative estimate of drug-likeness (QED) is 0.276. The van der Waals surface area contributed by atoms with Gasteiger partial charge in [-0.1, -0.05) is 23.9 Å². The van der Waals surface area contributed by atoms with Crippen LogP contribution in [0.1, 0.15) is 11.4 Å². The summed E-state index contributed by atoms with van der Waals surface area (Å²) in [6, 6.07) is 11.5. The van der Waals surface area contributed by atoms with Gasteiger partial charge in [0.25, 0.3) is 5.69 Å². The molecule has 0 aliphatic heterocycles. The van der Waals surface area contributed by atoms with Gasteiger partial charge in [0.05, 0.1) is 24.2 Å². The van der Waals surface area contributed by atoms with Crippen LogP contribution in [0.25, 0.3) is 0 Å². The number of benzene rings is 2. The van der Waals surface area contributed by atoms with Gasteiger partial charge < -0.3 is 19.9 Å². The Morgan fingerprint density at radius 2 is 1.85 bits per heavy atom. The number of thioether (sulfide) groups is 1. The Bertz CT molecular complexity index is 1200. The van der Waals surface area contributed by atoms with E-state index in [1.807, 2.05) is 0 Å². The van der Waals surface area contributed by atoms with Crippen LogP contribution in [0.2, 0.25) is 0 Å². The van der Waals surface area contributed by atoms with E-state index >= 15 is 0 Å². The summed E-state index contributed by atoms with van der Waals surface area (Å²) in [5.74, 6) is 0.465. The molecule has 1 aromatic heterocycles. The standard InChI is InChI=1S/C21H22N6O5S/c1-13-7-8-15(10-17(13)27(30)31)23-20(29)12-33-21-25-24-18(26(21)2)11-19(28)22-14-5-4-6-16(9-14)32-3/h4-10H,11-12H2,1-3H3,(H,22,28)(H,23,29). The number of methoxy groups -OCH3 is 1. The van der Waals surface area contributed by atoms with Crippen molar-refractivity contribution in [2.24, 2.45) is 7.05 Å². The van der Waals surface area contributed by atoms with Crippen molar-refractivity contribution in [3.63, 3.8) is 0 Å². The number of ether oxygens (including phenoxy) is 1. The summed E-state index contributed by atoms with van der Waals surface area (Å²) in [5.41, 5.74) is 1.38. The van der Waals surface area contributed by atoms with Crippen molar-refractivity contribution in [2.75, 3.05) is 23.5 Å². The zero-order valence-electron chi connectivity index (χ0n) is 18.2. The number of nitrogens with zero attached hydrogens (tertiary/aromatic N) is 4. The van der Waals surface area contributed by atoms with Gasteiger partial charge in [0.15, 0.2) is 5.16 Å². The van der Waals surface area contributed by atoms with Crippen LogP contribution in [0.15, 0.2) is 47.6 Å². The van der Waals surface area contributed by atoms with Crippen molar-refractivity contribution in [1.82, 2.24) is 14.8 Å². The number of aromatic nitrogens is 3. The molecule has 0 atom stereocenters. The summed E-state index contributed by atoms with van der Waals surface area (Å²) in [6.07, 6.45) is 0.000496. The maximum Gasteiger partial charge on any atom is 0.274 e. The van der Waals surface area contributed by atoms with E-state index in [1.54, 1.807) is 62.0 Å². The number of nitro groups is 1. The van der Waals surface area contributed by atoms with Gasteiger partial charge >= 0.3 is 0 Å². The molecular weight excluding hydrogens is 448 g/mol. The molecule has 2 aromatic carbocycles. The number of carbonyl (C=O) groups is 2. The molecule has 2 N–H and O–H groups in total. The van der Waals surface area contributed by atoms with Crippen LogP contribution in [0.3, 0.4) is 0 Å². The molecule has 0 radical (unpaired) electrons. The van der Waals surface area contributed by atoms with Crippen LogP contribution in [-0.4, -0.2) is 44.4 Å². The van der Waals surface area contributed by atoms with Crippen molar-refractivity contribution < 1.29 is 19.2 Å². The number of aryl methyl sites for hydroxylation is 1. The summed E-state index contributed by atoms with van der Waals surface area (Å²) in [5, 5.41) is 25.0. The van der Waals surface area contributed by atoms with E-state index in [-0.39, 0.29) is 29.7 Å². The molecule has 0 aliphatic rings. The highest BCUT2D eigenvalue weighted by molar-refractivity contribution is 7.99. The van der Waals surface area contributed by atoms with Crippen molar-refractivity contribution in [2.45, 2.75) is 18.5 Å². The predicted molar refractivity (Wildman–Crippen MR) is 124 cm³/mol. The highest BCUT2D eigenvalue weighted by atomic mass is 32.2.